The number of nitrogens with zero attached hydrogens (tertiary/aromatic N) is 1. The van der Waals surface area contributed by atoms with Gasteiger partial charge in [-0.25, -0.2) is 8.42 Å². The Morgan fingerprint density at radius 1 is 1.00 bits per heavy atom. The van der Waals surface area contributed by atoms with E-state index in [1.54, 1.807) is 31.4 Å². The Bertz CT molecular complexity index is 1160. The second-order valence-corrected chi connectivity index (χ2v) is 9.59. The minimum atomic E-state index is -3.74. The van der Waals surface area contributed by atoms with E-state index in [2.05, 4.69) is 5.32 Å². The van der Waals surface area contributed by atoms with E-state index in [-0.39, 0.29) is 16.8 Å². The Kier molecular flexibility index (Phi) is 7.43. The molecule has 0 aliphatic heterocycles. The molecule has 0 fully saturated rings. The van der Waals surface area contributed by atoms with Crippen LogP contribution in [0.5, 0.6) is 5.75 Å². The molecule has 3 aromatic carbocycles. The highest BCUT2D eigenvalue weighted by atomic mass is 35.5. The van der Waals surface area contributed by atoms with Crippen LogP contribution in [-0.4, -0.2) is 28.5 Å². The van der Waals surface area contributed by atoms with Crippen LogP contribution in [0.15, 0.2) is 77.7 Å². The molecule has 0 aliphatic carbocycles. The molecule has 8 heteroatoms. The lowest BCUT2D eigenvalue weighted by Gasteiger charge is -2.20. The minimum Gasteiger partial charge on any atom is -0.497 e. The standard InChI is InChI=1S/C24H25ClN2O4S/c1-4-23(17-7-13-21(31-3)14-8-17)26-24(28)18-5-11-20(12-6-18)27(2)32(29,30)22-15-9-19(25)10-16-22/h5-16,23H,4H2,1-3H3,(H,26,28)/t23-/m0/s1. The van der Waals surface area contributed by atoms with Crippen molar-refractivity contribution in [2.45, 2.75) is 24.3 Å². The van der Waals surface area contributed by atoms with E-state index in [1.807, 2.05) is 31.2 Å². The number of hydrogen-bond acceptors (Lipinski definition) is 4. The van der Waals surface area contributed by atoms with Gasteiger partial charge in [0.1, 0.15) is 5.75 Å². The monoisotopic (exact) mass is 472 g/mol. The van der Waals surface area contributed by atoms with Crippen LogP contribution in [0.1, 0.15) is 35.3 Å². The molecular weight excluding hydrogens is 448 g/mol. The van der Waals surface area contributed by atoms with E-state index in [1.165, 1.54) is 35.6 Å². The number of sulfonamides is 1. The zero-order chi connectivity index (χ0) is 23.3. The van der Waals surface area contributed by atoms with Crippen molar-refractivity contribution in [3.63, 3.8) is 0 Å². The van der Waals surface area contributed by atoms with E-state index in [0.29, 0.717) is 16.3 Å². The molecule has 32 heavy (non-hydrogen) atoms. The number of rotatable bonds is 8. The molecule has 1 N–H and O–H groups in total. The molecule has 0 radical (unpaired) electrons. The number of halogens is 1. The summed E-state index contributed by atoms with van der Waals surface area (Å²) in [6.45, 7) is 1.99. The lowest BCUT2D eigenvalue weighted by molar-refractivity contribution is 0.0935. The fraction of sp³-hybridized carbons (Fsp3) is 0.208. The molecule has 0 saturated heterocycles. The summed E-state index contributed by atoms with van der Waals surface area (Å²) in [5, 5.41) is 3.48. The van der Waals surface area contributed by atoms with Gasteiger partial charge in [-0.15, -0.1) is 0 Å². The topological polar surface area (TPSA) is 75.7 Å². The Balaban J connectivity index is 1.73. The summed E-state index contributed by atoms with van der Waals surface area (Å²) in [7, 11) is -0.668. The fourth-order valence-electron chi connectivity index (χ4n) is 3.23. The van der Waals surface area contributed by atoms with Crippen molar-refractivity contribution in [2.24, 2.45) is 0 Å². The van der Waals surface area contributed by atoms with Gasteiger partial charge in [-0.05, 0) is 72.6 Å². The molecule has 3 aromatic rings. The summed E-state index contributed by atoms with van der Waals surface area (Å²) < 4.78 is 32.0. The SMILES string of the molecule is CC[C@H](NC(=O)c1ccc(N(C)S(=O)(=O)c2ccc(Cl)cc2)cc1)c1ccc(OC)cc1. The van der Waals surface area contributed by atoms with Gasteiger partial charge >= 0.3 is 0 Å². The maximum Gasteiger partial charge on any atom is 0.264 e. The zero-order valence-electron chi connectivity index (χ0n) is 18.1. The second kappa shape index (κ2) is 10.1. The van der Waals surface area contributed by atoms with Crippen molar-refractivity contribution in [1.29, 1.82) is 0 Å². The second-order valence-electron chi connectivity index (χ2n) is 7.18. The summed E-state index contributed by atoms with van der Waals surface area (Å²) in [4.78, 5) is 12.9. The maximum absolute atomic E-state index is 12.8. The van der Waals surface area contributed by atoms with Crippen LogP contribution >= 0.6 is 11.6 Å². The van der Waals surface area contributed by atoms with Gasteiger partial charge in [0.15, 0.2) is 0 Å². The molecule has 1 atom stereocenters. The summed E-state index contributed by atoms with van der Waals surface area (Å²) in [5.41, 5.74) is 1.86. The first-order valence-corrected chi connectivity index (χ1v) is 11.9. The Morgan fingerprint density at radius 2 is 1.59 bits per heavy atom. The lowest BCUT2D eigenvalue weighted by Crippen LogP contribution is -2.28. The third-order valence-corrected chi connectivity index (χ3v) is 7.25. The van der Waals surface area contributed by atoms with E-state index in [0.717, 1.165) is 17.7 Å². The molecule has 168 valence electrons. The molecule has 0 heterocycles. The highest BCUT2D eigenvalue weighted by molar-refractivity contribution is 7.92. The number of carbonyl (C=O) groups is 1. The molecular formula is C24H25ClN2O4S. The van der Waals surface area contributed by atoms with Crippen molar-refractivity contribution >= 4 is 33.2 Å². The number of amides is 1. The van der Waals surface area contributed by atoms with Crippen LogP contribution in [0, 0.1) is 0 Å². The van der Waals surface area contributed by atoms with E-state index in [9.17, 15) is 13.2 Å². The van der Waals surface area contributed by atoms with Crippen LogP contribution in [-0.2, 0) is 10.0 Å². The van der Waals surface area contributed by atoms with Crippen molar-refractivity contribution in [3.8, 4) is 5.75 Å². The van der Waals surface area contributed by atoms with Gasteiger partial charge in [-0.3, -0.25) is 9.10 Å². The van der Waals surface area contributed by atoms with E-state index >= 15 is 0 Å². The first-order chi connectivity index (χ1) is 15.3. The predicted octanol–water partition coefficient (Wildman–Crippen LogP) is 5.05. The molecule has 0 unspecified atom stereocenters. The average Bonchev–Trinajstić information content (AvgIpc) is 2.82. The normalized spacial score (nSPS) is 12.1. The predicted molar refractivity (Wildman–Crippen MR) is 127 cm³/mol. The van der Waals surface area contributed by atoms with Crippen molar-refractivity contribution in [2.75, 3.05) is 18.5 Å². The Hall–Kier alpha value is -3.03. The minimum absolute atomic E-state index is 0.136. The first kappa shape index (κ1) is 23.6. The quantitative estimate of drug-likeness (QED) is 0.497. The summed E-state index contributed by atoms with van der Waals surface area (Å²) >= 11 is 5.85. The van der Waals surface area contributed by atoms with Crippen molar-refractivity contribution in [3.05, 3.63) is 88.9 Å². The molecule has 6 nitrogen and oxygen atoms in total. The largest absolute Gasteiger partial charge is 0.497 e. The molecule has 0 spiro atoms. The third kappa shape index (κ3) is 5.23. The number of benzene rings is 3. The van der Waals surface area contributed by atoms with Gasteiger partial charge in [0.25, 0.3) is 15.9 Å². The first-order valence-electron chi connectivity index (χ1n) is 10.1. The van der Waals surface area contributed by atoms with Crippen LogP contribution in [0.4, 0.5) is 5.69 Å². The molecule has 3 rings (SSSR count). The summed E-state index contributed by atoms with van der Waals surface area (Å²) in [6, 6.07) is 19.8. The van der Waals surface area contributed by atoms with Crippen LogP contribution in [0.3, 0.4) is 0 Å². The van der Waals surface area contributed by atoms with Gasteiger partial charge < -0.3 is 10.1 Å². The number of nitrogens with one attached hydrogen (secondary N) is 1. The van der Waals surface area contributed by atoms with Crippen LogP contribution in [0.2, 0.25) is 5.02 Å². The van der Waals surface area contributed by atoms with Crippen LogP contribution < -0.4 is 14.4 Å². The van der Waals surface area contributed by atoms with Crippen molar-refractivity contribution < 1.29 is 17.9 Å². The van der Waals surface area contributed by atoms with Gasteiger partial charge in [0.05, 0.1) is 23.7 Å². The highest BCUT2D eigenvalue weighted by Gasteiger charge is 2.22. The third-order valence-electron chi connectivity index (χ3n) is 5.20. The van der Waals surface area contributed by atoms with Gasteiger partial charge in [0.2, 0.25) is 0 Å². The van der Waals surface area contributed by atoms with Crippen LogP contribution in [0.25, 0.3) is 0 Å². The lowest BCUT2D eigenvalue weighted by atomic mass is 10.0. The van der Waals surface area contributed by atoms with Gasteiger partial charge in [0, 0.05) is 17.6 Å². The molecule has 0 aliphatic rings. The fourth-order valence-corrected chi connectivity index (χ4v) is 4.55. The average molecular weight is 473 g/mol. The number of anilines is 1. The van der Waals surface area contributed by atoms with Gasteiger partial charge in [-0.2, -0.15) is 0 Å². The summed E-state index contributed by atoms with van der Waals surface area (Å²) in [5.74, 6) is 0.519. The summed E-state index contributed by atoms with van der Waals surface area (Å²) in [6.07, 6.45) is 0.720. The maximum atomic E-state index is 12.8. The smallest absolute Gasteiger partial charge is 0.264 e. The van der Waals surface area contributed by atoms with Crippen molar-refractivity contribution in [1.82, 2.24) is 5.32 Å². The number of ether oxygens (including phenoxy) is 1. The number of hydrogen-bond donors (Lipinski definition) is 1. The molecule has 0 bridgehead atoms. The van der Waals surface area contributed by atoms with Gasteiger partial charge in [-0.1, -0.05) is 30.7 Å². The van der Waals surface area contributed by atoms with E-state index in [4.69, 9.17) is 16.3 Å². The number of methoxy groups -OCH3 is 1. The highest BCUT2D eigenvalue weighted by Crippen LogP contribution is 2.24. The molecule has 1 amide bonds. The Labute approximate surface area is 193 Å². The molecule has 0 saturated carbocycles. The Morgan fingerprint density at radius 3 is 2.12 bits per heavy atom. The zero-order valence-corrected chi connectivity index (χ0v) is 19.7. The van der Waals surface area contributed by atoms with E-state index < -0.39 is 10.0 Å². The number of carbonyl (C=O) groups excluding carboxylic acids is 1. The molecule has 0 aromatic heterocycles.